The average molecular weight is 1140 g/mol. The van der Waals surface area contributed by atoms with Crippen LogP contribution in [0.5, 0.6) is 0 Å². The molecule has 0 unspecified atom stereocenters. The van der Waals surface area contributed by atoms with Crippen LogP contribution in [0.25, 0.3) is 0 Å². The third kappa shape index (κ3) is 10.9. The zero-order chi connectivity index (χ0) is 55.4. The Balaban J connectivity index is 1.31. The smallest absolute Gasteiger partial charge is 0.460 e. The van der Waals surface area contributed by atoms with E-state index in [4.69, 9.17) is 20.9 Å². The van der Waals surface area contributed by atoms with E-state index in [0.717, 1.165) is 57.1 Å². The molecule has 0 bridgehead atoms. The van der Waals surface area contributed by atoms with Crippen molar-refractivity contribution < 1.29 is 25.7 Å². The van der Waals surface area contributed by atoms with Crippen molar-refractivity contribution in [3.8, 4) is 0 Å². The summed E-state index contributed by atoms with van der Waals surface area (Å²) in [5.41, 5.74) is 0. The Hall–Kier alpha value is -8.45. The van der Waals surface area contributed by atoms with E-state index < -0.39 is 42.6 Å². The molecule has 0 aliphatic carbocycles. The van der Waals surface area contributed by atoms with Gasteiger partial charge in [-0.1, -0.05) is 340 Å². The van der Waals surface area contributed by atoms with Crippen LogP contribution in [0.1, 0.15) is 6.92 Å². The lowest BCUT2D eigenvalue weighted by Crippen LogP contribution is -2.85. The molecule has 0 saturated carbocycles. The Morgan fingerprint density at radius 3 is 0.605 bits per heavy atom. The van der Waals surface area contributed by atoms with Crippen LogP contribution in [0.2, 0.25) is 0 Å². The van der Waals surface area contributed by atoms with E-state index in [2.05, 4.69) is 219 Å². The van der Waals surface area contributed by atoms with Crippen molar-refractivity contribution in [2.75, 3.05) is 0 Å². The number of benzene rings is 11. The second-order valence-corrected chi connectivity index (χ2v) is 35.8. The first-order valence-corrected chi connectivity index (χ1v) is 36.3. The minimum Gasteiger partial charge on any atom is -0.512 e. The maximum Gasteiger partial charge on any atom is 0.460 e. The summed E-state index contributed by atoms with van der Waals surface area (Å²) in [5, 5.41) is 9.64. The van der Waals surface area contributed by atoms with Gasteiger partial charge in [-0.15, -0.1) is 0 Å². The summed E-state index contributed by atoms with van der Waals surface area (Å²) in [6.45, 7) is 5.77. The Bertz CT molecular complexity index is 3510. The summed E-state index contributed by atoms with van der Waals surface area (Å²) in [6, 6.07) is 114. The normalized spacial score (nSPS) is 12.1. The van der Waals surface area contributed by atoms with Crippen LogP contribution in [-0.2, 0) is 25.7 Å². The molecule has 0 aliphatic heterocycles. The quantitative estimate of drug-likeness (QED) is 0.0299. The third-order valence-electron chi connectivity index (χ3n) is 14.6. The summed E-state index contributed by atoms with van der Waals surface area (Å²) in [6.07, 6.45) is 0. The van der Waals surface area contributed by atoms with Crippen molar-refractivity contribution in [3.63, 3.8) is 0 Å². The number of rotatable bonds is 22. The zero-order valence-corrected chi connectivity index (χ0v) is 49.9. The number of Topliss-reactive ketones (excluding diaryl/α,β-unsaturated/α-hetero) is 1. The Morgan fingerprint density at radius 2 is 0.407 bits per heavy atom. The highest BCUT2D eigenvalue weighted by Crippen LogP contribution is 2.30. The second-order valence-electron chi connectivity index (χ2n) is 19.7. The number of ketones is 1. The van der Waals surface area contributed by atoms with Gasteiger partial charge in [-0.25, -0.2) is 0 Å². The van der Waals surface area contributed by atoms with E-state index in [-0.39, 0.29) is 11.5 Å². The van der Waals surface area contributed by atoms with Gasteiger partial charge in [0.25, 0.3) is 8.32 Å². The fourth-order valence-corrected chi connectivity index (χ4v) is 37.2. The molecule has 11 aromatic rings. The van der Waals surface area contributed by atoms with Crippen molar-refractivity contribution in [3.05, 3.63) is 346 Å². The molecule has 81 heavy (non-hydrogen) atoms. The van der Waals surface area contributed by atoms with E-state index in [1.807, 2.05) is 121 Å². The molecule has 396 valence electrons. The summed E-state index contributed by atoms with van der Waals surface area (Å²) >= 11 is 0. The molecule has 0 atom stereocenters. The van der Waals surface area contributed by atoms with Crippen LogP contribution >= 0.6 is 0 Å². The Kier molecular flexibility index (Phi) is 16.5. The molecule has 0 radical (unpaired) electrons. The van der Waals surface area contributed by atoms with E-state index >= 15 is 0 Å². The molecular weight excluding hydrogens is 1080 g/mol. The van der Waals surface area contributed by atoms with Crippen LogP contribution in [0.4, 0.5) is 0 Å². The fraction of sp³-hybridized carbons (Fsp3) is 0.0143. The topological polar surface area (TPSA) is 63.2 Å². The first kappa shape index (κ1) is 54.5. The average Bonchev–Trinajstić information content (AvgIpc) is 3.72. The highest BCUT2D eigenvalue weighted by molar-refractivity contribution is 7.16. The highest BCUT2D eigenvalue weighted by Gasteiger charge is 2.65. The predicted octanol–water partition coefficient (Wildman–Crippen LogP) is 7.87. The first-order chi connectivity index (χ1) is 39.8. The monoisotopic (exact) mass is 1140 g/mol. The van der Waals surface area contributed by atoms with Crippen molar-refractivity contribution in [1.29, 1.82) is 0 Å². The SMILES string of the molecule is C=C(O[Si](O[Si](O[Si](O[Si](O[Si](c1ccccc1)(c1ccccc1)c1ccccc1)(c1ccccc1)c1ccccc1)(c1ccccc1)c1ccccc1)(c1ccccc1)c1ccccc1)(c1ccccc1)c1ccccc1)C(C)=O. The van der Waals surface area contributed by atoms with Crippen LogP contribution in [0.3, 0.4) is 0 Å². The van der Waals surface area contributed by atoms with Gasteiger partial charge >= 0.3 is 34.2 Å². The van der Waals surface area contributed by atoms with E-state index in [1.54, 1.807) is 0 Å². The van der Waals surface area contributed by atoms with Crippen molar-refractivity contribution in [2.24, 2.45) is 0 Å². The summed E-state index contributed by atoms with van der Waals surface area (Å²) in [7, 11) is -21.4. The van der Waals surface area contributed by atoms with Gasteiger partial charge in [0.1, 0.15) is 5.76 Å². The van der Waals surface area contributed by atoms with Gasteiger partial charge in [0, 0.05) is 17.3 Å². The molecule has 0 N–H and O–H groups in total. The molecule has 0 heterocycles. The summed E-state index contributed by atoms with van der Waals surface area (Å²) in [5.74, 6) is -0.349. The molecule has 11 heteroatoms. The largest absolute Gasteiger partial charge is 0.512 e. The summed E-state index contributed by atoms with van der Waals surface area (Å²) < 4.78 is 42.9. The molecule has 0 amide bonds. The number of hydrogen-bond donors (Lipinski definition) is 0. The number of carbonyl (C=O) groups excluding carboxylic acids is 1. The van der Waals surface area contributed by atoms with Gasteiger partial charge in [0.2, 0.25) is 0 Å². The van der Waals surface area contributed by atoms with Crippen LogP contribution in [0.15, 0.2) is 346 Å². The molecule has 11 aromatic carbocycles. The predicted molar refractivity (Wildman–Crippen MR) is 341 cm³/mol. The Morgan fingerprint density at radius 1 is 0.247 bits per heavy atom. The second kappa shape index (κ2) is 24.5. The fourth-order valence-electron chi connectivity index (χ4n) is 10.7. The number of carbonyl (C=O) groups is 1. The van der Waals surface area contributed by atoms with Gasteiger partial charge in [0.05, 0.1) is 0 Å². The molecule has 11 rings (SSSR count). The van der Waals surface area contributed by atoms with Gasteiger partial charge < -0.3 is 20.9 Å². The summed E-state index contributed by atoms with van der Waals surface area (Å²) in [4.78, 5) is 13.7. The molecule has 0 fully saturated rings. The number of hydrogen-bond acceptors (Lipinski definition) is 6. The van der Waals surface area contributed by atoms with Crippen molar-refractivity contribution in [1.82, 2.24) is 0 Å². The minimum atomic E-state index is -4.54. The lowest BCUT2D eigenvalue weighted by molar-refractivity contribution is -0.115. The van der Waals surface area contributed by atoms with E-state index in [0.29, 0.717) is 0 Å². The molecule has 0 aromatic heterocycles. The zero-order valence-electron chi connectivity index (χ0n) is 44.9. The maximum atomic E-state index is 13.7. The lowest BCUT2D eigenvalue weighted by Gasteiger charge is -2.50. The van der Waals surface area contributed by atoms with Gasteiger partial charge in [-0.3, -0.25) is 4.79 Å². The molecule has 6 nitrogen and oxygen atoms in total. The number of allylic oxidation sites excluding steroid dienone is 1. The van der Waals surface area contributed by atoms with Crippen LogP contribution in [-0.4, -0.2) is 48.3 Å². The van der Waals surface area contributed by atoms with Crippen LogP contribution in [0, 0.1) is 0 Å². The van der Waals surface area contributed by atoms with Gasteiger partial charge in [0.15, 0.2) is 5.78 Å². The highest BCUT2D eigenvalue weighted by atomic mass is 28.5. The maximum absolute atomic E-state index is 13.7. The molecular formula is C70H60O6Si5. The lowest BCUT2D eigenvalue weighted by atomic mass is 10.3. The van der Waals surface area contributed by atoms with Crippen molar-refractivity contribution in [2.45, 2.75) is 6.92 Å². The standard InChI is InChI=1S/C70H60O6Si5/c1-58(71)59(2)72-78(63-42-20-6-21-43-63,64-44-22-7-23-45-64)74-80(67-50-28-10-29-51-67,68-52-30-11-31-53-68)76-81(69-54-32-12-33-55-69,70-56-34-13-35-57-70)75-79(65-46-24-8-25-47-65,66-48-26-9-27-49-66)73-77(60-36-14-3-15-37-60,61-38-16-4-17-39-61)62-40-18-5-19-41-62/h3-57H,2H2,1H3. The minimum absolute atomic E-state index is 0.0266. The van der Waals surface area contributed by atoms with Crippen LogP contribution < -0.4 is 57.1 Å². The van der Waals surface area contributed by atoms with E-state index in [1.165, 1.54) is 6.92 Å². The van der Waals surface area contributed by atoms with Gasteiger partial charge in [-0.05, 0) is 46.7 Å². The van der Waals surface area contributed by atoms with E-state index in [9.17, 15) is 4.79 Å². The molecule has 0 aliphatic rings. The third-order valence-corrected chi connectivity index (χ3v) is 36.6. The van der Waals surface area contributed by atoms with Crippen molar-refractivity contribution >= 4 is 105 Å². The van der Waals surface area contributed by atoms with Gasteiger partial charge in [-0.2, -0.15) is 0 Å². The molecule has 0 saturated heterocycles. The first-order valence-electron chi connectivity index (χ1n) is 27.1. The molecule has 0 spiro atoms. The Labute approximate surface area is 481 Å².